The summed E-state index contributed by atoms with van der Waals surface area (Å²) in [6.45, 7) is 4.29. The van der Waals surface area contributed by atoms with E-state index in [1.165, 1.54) is 0 Å². The van der Waals surface area contributed by atoms with Crippen molar-refractivity contribution >= 4 is 7.48 Å². The van der Waals surface area contributed by atoms with Gasteiger partial charge in [-0.25, -0.2) is 0 Å². The smallest absolute Gasteiger partial charge is 0.303 e. The summed E-state index contributed by atoms with van der Waals surface area (Å²) in [4.78, 5) is 0. The first kappa shape index (κ1) is 6.98. The molecule has 2 nitrogen and oxygen atoms in total. The maximum Gasteiger partial charge on any atom is 0.303 e. The fourth-order valence-electron chi connectivity index (χ4n) is 0.288. The third-order valence-electron chi connectivity index (χ3n) is 0.563. The first-order chi connectivity index (χ1) is 3.27. The van der Waals surface area contributed by atoms with Gasteiger partial charge in [0.25, 0.3) is 0 Å². The molecule has 0 saturated heterocycles. The lowest BCUT2D eigenvalue weighted by Crippen LogP contribution is -2.14. The van der Waals surface area contributed by atoms with Gasteiger partial charge in [0.15, 0.2) is 0 Å². The molecular formula is C4H11BO2. The first-order valence-electron chi connectivity index (χ1n) is 2.53. The fourth-order valence-corrected chi connectivity index (χ4v) is 0.288. The van der Waals surface area contributed by atoms with Crippen LogP contribution in [0, 0.1) is 0 Å². The van der Waals surface area contributed by atoms with Crippen LogP contribution >= 0.6 is 0 Å². The Bertz CT molecular complexity index is 38.7. The van der Waals surface area contributed by atoms with Crippen molar-refractivity contribution in [3.63, 3.8) is 0 Å². The normalized spacial score (nSPS) is 13.6. The Morgan fingerprint density at radius 2 is 2.43 bits per heavy atom. The Morgan fingerprint density at radius 3 is 2.57 bits per heavy atom. The Morgan fingerprint density at radius 1 is 1.86 bits per heavy atom. The van der Waals surface area contributed by atoms with Crippen LogP contribution in [0.5, 0.6) is 0 Å². The van der Waals surface area contributed by atoms with E-state index in [0.717, 1.165) is 0 Å². The van der Waals surface area contributed by atoms with Gasteiger partial charge in [-0.1, -0.05) is 0 Å². The van der Waals surface area contributed by atoms with Crippen LogP contribution in [0.15, 0.2) is 0 Å². The van der Waals surface area contributed by atoms with E-state index in [-0.39, 0.29) is 6.00 Å². The standard InChI is InChI=1S/C4H11BO2/c1-3-7-5-4(2)6/h4-6H,3H2,1-2H3. The monoisotopic (exact) mass is 102 g/mol. The average Bonchev–Trinajstić information content (AvgIpc) is 1.61. The Kier molecular flexibility index (Phi) is 4.14. The second-order valence-corrected chi connectivity index (χ2v) is 1.51. The zero-order valence-corrected chi connectivity index (χ0v) is 4.85. The van der Waals surface area contributed by atoms with Crippen LogP contribution in [0.25, 0.3) is 0 Å². The molecule has 0 bridgehead atoms. The van der Waals surface area contributed by atoms with Crippen LogP contribution in [0.4, 0.5) is 0 Å². The van der Waals surface area contributed by atoms with Crippen molar-refractivity contribution in [2.24, 2.45) is 0 Å². The Hall–Kier alpha value is -0.0151. The van der Waals surface area contributed by atoms with E-state index in [9.17, 15) is 0 Å². The van der Waals surface area contributed by atoms with Gasteiger partial charge in [-0.3, -0.25) is 0 Å². The van der Waals surface area contributed by atoms with E-state index in [1.54, 1.807) is 6.92 Å². The van der Waals surface area contributed by atoms with Crippen molar-refractivity contribution in [3.05, 3.63) is 0 Å². The summed E-state index contributed by atoms with van der Waals surface area (Å²) in [6, 6.07) is -0.319. The summed E-state index contributed by atoms with van der Waals surface area (Å²) >= 11 is 0. The molecule has 7 heavy (non-hydrogen) atoms. The molecule has 0 radical (unpaired) electrons. The number of hydrogen-bond donors (Lipinski definition) is 1. The highest BCUT2D eigenvalue weighted by Crippen LogP contribution is 1.75. The maximum atomic E-state index is 8.56. The molecule has 0 amide bonds. The number of hydrogen-bond acceptors (Lipinski definition) is 2. The summed E-state index contributed by atoms with van der Waals surface area (Å²) in [6.07, 6.45) is 0. The molecule has 0 aliphatic rings. The van der Waals surface area contributed by atoms with Gasteiger partial charge in [-0.05, 0) is 13.8 Å². The second kappa shape index (κ2) is 4.15. The molecule has 0 aliphatic carbocycles. The van der Waals surface area contributed by atoms with Crippen molar-refractivity contribution in [2.45, 2.75) is 19.9 Å². The number of rotatable bonds is 3. The molecule has 0 saturated carbocycles. The predicted molar refractivity (Wildman–Crippen MR) is 30.5 cm³/mol. The molecule has 42 valence electrons. The molecule has 0 aromatic carbocycles. The molecule has 1 unspecified atom stereocenters. The summed E-state index contributed by atoms with van der Waals surface area (Å²) < 4.78 is 4.84. The molecule has 0 aromatic heterocycles. The zero-order valence-electron chi connectivity index (χ0n) is 4.85. The van der Waals surface area contributed by atoms with E-state index >= 15 is 0 Å². The minimum Gasteiger partial charge on any atom is -0.437 e. The van der Waals surface area contributed by atoms with Crippen LogP contribution in [-0.2, 0) is 4.65 Å². The topological polar surface area (TPSA) is 29.5 Å². The van der Waals surface area contributed by atoms with Crippen LogP contribution in [-0.4, -0.2) is 25.2 Å². The number of aliphatic hydroxyl groups excluding tert-OH is 1. The Labute approximate surface area is 44.8 Å². The quantitative estimate of drug-likeness (QED) is 0.496. The van der Waals surface area contributed by atoms with E-state index in [2.05, 4.69) is 0 Å². The molecule has 0 rings (SSSR count). The van der Waals surface area contributed by atoms with Crippen molar-refractivity contribution in [1.82, 2.24) is 0 Å². The van der Waals surface area contributed by atoms with Crippen molar-refractivity contribution < 1.29 is 9.76 Å². The summed E-state index contributed by atoms with van der Waals surface area (Å²) in [5.74, 6) is 0. The van der Waals surface area contributed by atoms with Gasteiger partial charge in [-0.2, -0.15) is 0 Å². The van der Waals surface area contributed by atoms with Crippen LogP contribution in [0.1, 0.15) is 13.8 Å². The summed E-state index contributed by atoms with van der Waals surface area (Å²) in [5, 5.41) is 8.56. The van der Waals surface area contributed by atoms with E-state index in [4.69, 9.17) is 9.76 Å². The van der Waals surface area contributed by atoms with Crippen molar-refractivity contribution in [2.75, 3.05) is 6.61 Å². The summed E-state index contributed by atoms with van der Waals surface area (Å²) in [5.41, 5.74) is 0. The molecule has 0 spiro atoms. The lowest BCUT2D eigenvalue weighted by molar-refractivity contribution is 0.235. The van der Waals surface area contributed by atoms with Crippen LogP contribution < -0.4 is 0 Å². The molecule has 1 atom stereocenters. The van der Waals surface area contributed by atoms with Gasteiger partial charge >= 0.3 is 7.48 Å². The minimum atomic E-state index is -0.319. The molecule has 0 heterocycles. The van der Waals surface area contributed by atoms with Gasteiger partial charge in [-0.15, -0.1) is 0 Å². The van der Waals surface area contributed by atoms with Gasteiger partial charge in [0, 0.05) is 6.61 Å². The zero-order chi connectivity index (χ0) is 5.70. The van der Waals surface area contributed by atoms with Crippen LogP contribution in [0.3, 0.4) is 0 Å². The lowest BCUT2D eigenvalue weighted by atomic mass is 9.93. The van der Waals surface area contributed by atoms with E-state index in [0.29, 0.717) is 14.1 Å². The molecular weight excluding hydrogens is 90.9 g/mol. The van der Waals surface area contributed by atoms with Gasteiger partial charge in [0.1, 0.15) is 0 Å². The second-order valence-electron chi connectivity index (χ2n) is 1.51. The fraction of sp³-hybridized carbons (Fsp3) is 1.00. The maximum absolute atomic E-state index is 8.56. The minimum absolute atomic E-state index is 0.319. The van der Waals surface area contributed by atoms with Crippen molar-refractivity contribution in [3.8, 4) is 0 Å². The molecule has 0 aliphatic heterocycles. The highest BCUT2D eigenvalue weighted by Gasteiger charge is 1.95. The predicted octanol–water partition coefficient (Wildman–Crippen LogP) is -0.287. The summed E-state index contributed by atoms with van der Waals surface area (Å²) in [7, 11) is 0.455. The lowest BCUT2D eigenvalue weighted by Gasteiger charge is -1.98. The highest BCUT2D eigenvalue weighted by atomic mass is 16.4. The average molecular weight is 102 g/mol. The van der Waals surface area contributed by atoms with E-state index < -0.39 is 0 Å². The molecule has 1 N–H and O–H groups in total. The molecule has 3 heteroatoms. The van der Waals surface area contributed by atoms with E-state index in [1.807, 2.05) is 6.92 Å². The van der Waals surface area contributed by atoms with Gasteiger partial charge < -0.3 is 9.76 Å². The first-order valence-corrected chi connectivity index (χ1v) is 2.53. The Balaban J connectivity index is 2.68. The SMILES string of the molecule is CCOBC(C)O. The van der Waals surface area contributed by atoms with Crippen LogP contribution in [0.2, 0.25) is 0 Å². The van der Waals surface area contributed by atoms with Gasteiger partial charge in [0.2, 0.25) is 0 Å². The van der Waals surface area contributed by atoms with Crippen molar-refractivity contribution in [1.29, 1.82) is 0 Å². The number of aliphatic hydroxyl groups is 1. The highest BCUT2D eigenvalue weighted by molar-refractivity contribution is 6.28. The molecule has 0 fully saturated rings. The molecule has 0 aromatic rings. The third kappa shape index (κ3) is 5.98. The van der Waals surface area contributed by atoms with Gasteiger partial charge in [0.05, 0.1) is 6.00 Å². The third-order valence-corrected chi connectivity index (χ3v) is 0.563. The largest absolute Gasteiger partial charge is 0.437 e.